The average Bonchev–Trinajstić information content (AvgIpc) is 2.37. The monoisotopic (exact) mass is 315 g/mol. The molecule has 1 N–H and O–H groups in total. The van der Waals surface area contributed by atoms with Crippen molar-refractivity contribution in [3.05, 3.63) is 35.6 Å². The number of piperidine rings is 1. The molecule has 0 aromatic heterocycles. The summed E-state index contributed by atoms with van der Waals surface area (Å²) in [5.41, 5.74) is 0.429. The molecule has 0 bridgehead atoms. The van der Waals surface area contributed by atoms with Gasteiger partial charge >= 0.3 is 0 Å². The second kappa shape index (κ2) is 6.42. The van der Waals surface area contributed by atoms with Gasteiger partial charge in [-0.05, 0) is 43.4 Å². The van der Waals surface area contributed by atoms with E-state index >= 15 is 0 Å². The van der Waals surface area contributed by atoms with Crippen molar-refractivity contribution in [3.63, 3.8) is 0 Å². The van der Waals surface area contributed by atoms with Gasteiger partial charge in [0.05, 0.1) is 17.9 Å². The number of sulfonamides is 1. The van der Waals surface area contributed by atoms with Crippen molar-refractivity contribution in [2.45, 2.75) is 44.6 Å². The van der Waals surface area contributed by atoms with E-state index in [1.807, 2.05) is 0 Å². The normalized spacial score (nSPS) is 25.7. The number of hydrogen-bond acceptors (Lipinski definition) is 3. The van der Waals surface area contributed by atoms with Crippen molar-refractivity contribution in [3.8, 4) is 0 Å². The number of aliphatic hydroxyl groups is 1. The van der Waals surface area contributed by atoms with Crippen molar-refractivity contribution in [1.29, 1.82) is 0 Å². The standard InChI is InChI=1S/C15H22FNO3S/c1-11-6-7-17(15(8-11)12(2)18)21(19,20)10-13-4-3-5-14(16)9-13/h3-5,9,11-12,15,18H,6-8,10H2,1-2H3. The fraction of sp³-hybridized carbons (Fsp3) is 0.600. The second-order valence-electron chi connectivity index (χ2n) is 5.93. The first-order chi connectivity index (χ1) is 9.79. The molecular formula is C15H22FNO3S. The molecule has 2 rings (SSSR count). The van der Waals surface area contributed by atoms with Gasteiger partial charge in [-0.25, -0.2) is 12.8 Å². The van der Waals surface area contributed by atoms with Crippen LogP contribution in [0.2, 0.25) is 0 Å². The molecule has 1 aliphatic rings. The summed E-state index contributed by atoms with van der Waals surface area (Å²) in [5, 5.41) is 9.87. The Hall–Kier alpha value is -0.980. The van der Waals surface area contributed by atoms with E-state index in [-0.39, 0.29) is 5.75 Å². The molecule has 118 valence electrons. The van der Waals surface area contributed by atoms with Gasteiger partial charge in [-0.3, -0.25) is 0 Å². The topological polar surface area (TPSA) is 57.6 Å². The smallest absolute Gasteiger partial charge is 0.218 e. The quantitative estimate of drug-likeness (QED) is 0.926. The Morgan fingerprint density at radius 3 is 2.81 bits per heavy atom. The molecule has 0 saturated carbocycles. The van der Waals surface area contributed by atoms with Crippen molar-refractivity contribution in [2.75, 3.05) is 6.54 Å². The molecule has 1 aromatic carbocycles. The minimum Gasteiger partial charge on any atom is -0.392 e. The zero-order chi connectivity index (χ0) is 15.6. The third-order valence-corrected chi connectivity index (χ3v) is 5.87. The summed E-state index contributed by atoms with van der Waals surface area (Å²) in [6.07, 6.45) is 0.723. The Morgan fingerprint density at radius 2 is 2.19 bits per heavy atom. The highest BCUT2D eigenvalue weighted by Gasteiger charge is 2.37. The maximum Gasteiger partial charge on any atom is 0.218 e. The molecule has 1 aliphatic heterocycles. The summed E-state index contributed by atoms with van der Waals surface area (Å²) in [7, 11) is -3.56. The van der Waals surface area contributed by atoms with Crippen LogP contribution in [0.15, 0.2) is 24.3 Å². The van der Waals surface area contributed by atoms with Crippen LogP contribution in [0.4, 0.5) is 4.39 Å². The Kier molecular flexibility index (Phi) is 5.01. The predicted molar refractivity (Wildman–Crippen MR) is 79.6 cm³/mol. The second-order valence-corrected chi connectivity index (χ2v) is 7.86. The van der Waals surface area contributed by atoms with E-state index in [2.05, 4.69) is 6.92 Å². The molecule has 0 spiro atoms. The van der Waals surface area contributed by atoms with E-state index in [1.54, 1.807) is 13.0 Å². The third kappa shape index (κ3) is 4.02. The summed E-state index contributed by atoms with van der Waals surface area (Å²) >= 11 is 0. The lowest BCUT2D eigenvalue weighted by Gasteiger charge is -2.39. The molecular weight excluding hydrogens is 293 g/mol. The van der Waals surface area contributed by atoms with Crippen LogP contribution in [0.1, 0.15) is 32.3 Å². The minimum atomic E-state index is -3.56. The molecule has 1 aromatic rings. The zero-order valence-electron chi connectivity index (χ0n) is 12.4. The Bertz CT molecular complexity index is 588. The molecule has 4 nitrogen and oxygen atoms in total. The summed E-state index contributed by atoms with van der Waals surface area (Å²) in [6, 6.07) is 5.24. The number of rotatable bonds is 4. The third-order valence-electron chi connectivity index (χ3n) is 4.01. The van der Waals surface area contributed by atoms with Crippen LogP contribution in [0.25, 0.3) is 0 Å². The van der Waals surface area contributed by atoms with Crippen LogP contribution >= 0.6 is 0 Å². The average molecular weight is 315 g/mol. The van der Waals surface area contributed by atoms with E-state index in [1.165, 1.54) is 22.5 Å². The first-order valence-corrected chi connectivity index (χ1v) is 8.82. The van der Waals surface area contributed by atoms with Gasteiger partial charge in [0.2, 0.25) is 10.0 Å². The van der Waals surface area contributed by atoms with Gasteiger partial charge in [0.1, 0.15) is 5.82 Å². The molecule has 3 atom stereocenters. The van der Waals surface area contributed by atoms with E-state index in [0.29, 0.717) is 24.4 Å². The van der Waals surface area contributed by atoms with Gasteiger partial charge in [-0.15, -0.1) is 0 Å². The van der Waals surface area contributed by atoms with Gasteiger partial charge in [0, 0.05) is 6.54 Å². The molecule has 0 amide bonds. The lowest BCUT2D eigenvalue weighted by atomic mass is 9.92. The van der Waals surface area contributed by atoms with E-state index in [4.69, 9.17) is 0 Å². The molecule has 6 heteroatoms. The van der Waals surface area contributed by atoms with Crippen LogP contribution in [0.5, 0.6) is 0 Å². The van der Waals surface area contributed by atoms with Crippen LogP contribution in [-0.4, -0.2) is 36.5 Å². The van der Waals surface area contributed by atoms with Crippen molar-refractivity contribution < 1.29 is 17.9 Å². The van der Waals surface area contributed by atoms with Crippen LogP contribution in [-0.2, 0) is 15.8 Å². The van der Waals surface area contributed by atoms with Gasteiger partial charge in [0.15, 0.2) is 0 Å². The van der Waals surface area contributed by atoms with Gasteiger partial charge in [-0.2, -0.15) is 4.31 Å². The Labute approximate surface area is 125 Å². The van der Waals surface area contributed by atoms with Crippen molar-refractivity contribution in [1.82, 2.24) is 4.31 Å². The van der Waals surface area contributed by atoms with E-state index in [0.717, 1.165) is 6.42 Å². The molecule has 21 heavy (non-hydrogen) atoms. The molecule has 3 unspecified atom stereocenters. The first kappa shape index (κ1) is 16.4. The maximum absolute atomic E-state index is 13.2. The molecule has 0 radical (unpaired) electrons. The number of aliphatic hydroxyl groups excluding tert-OH is 1. The van der Waals surface area contributed by atoms with Gasteiger partial charge in [-0.1, -0.05) is 19.1 Å². The van der Waals surface area contributed by atoms with E-state index < -0.39 is 28.0 Å². The highest BCUT2D eigenvalue weighted by Crippen LogP contribution is 2.28. The van der Waals surface area contributed by atoms with E-state index in [9.17, 15) is 17.9 Å². The van der Waals surface area contributed by atoms with Gasteiger partial charge < -0.3 is 5.11 Å². The lowest BCUT2D eigenvalue weighted by Crippen LogP contribution is -2.50. The highest BCUT2D eigenvalue weighted by atomic mass is 32.2. The molecule has 1 saturated heterocycles. The zero-order valence-corrected chi connectivity index (χ0v) is 13.2. The lowest BCUT2D eigenvalue weighted by molar-refractivity contribution is 0.0675. The minimum absolute atomic E-state index is 0.234. The van der Waals surface area contributed by atoms with Crippen LogP contribution in [0, 0.1) is 11.7 Å². The first-order valence-electron chi connectivity index (χ1n) is 7.21. The summed E-state index contributed by atoms with van der Waals surface area (Å²) in [5.74, 6) is -0.283. The predicted octanol–water partition coefficient (Wildman–Crippen LogP) is 2.14. The summed E-state index contributed by atoms with van der Waals surface area (Å²) in [4.78, 5) is 0. The number of benzene rings is 1. The molecule has 0 aliphatic carbocycles. The molecule has 1 heterocycles. The van der Waals surface area contributed by atoms with Crippen molar-refractivity contribution in [2.24, 2.45) is 5.92 Å². The number of halogens is 1. The fourth-order valence-corrected chi connectivity index (χ4v) is 4.69. The number of hydrogen-bond donors (Lipinski definition) is 1. The van der Waals surface area contributed by atoms with Crippen LogP contribution < -0.4 is 0 Å². The highest BCUT2D eigenvalue weighted by molar-refractivity contribution is 7.88. The maximum atomic E-state index is 13.2. The summed E-state index contributed by atoms with van der Waals surface area (Å²) in [6.45, 7) is 4.09. The Morgan fingerprint density at radius 1 is 1.48 bits per heavy atom. The summed E-state index contributed by atoms with van der Waals surface area (Å²) < 4.78 is 39.7. The number of nitrogens with zero attached hydrogens (tertiary/aromatic N) is 1. The van der Waals surface area contributed by atoms with Crippen molar-refractivity contribution >= 4 is 10.0 Å². The van der Waals surface area contributed by atoms with Crippen LogP contribution in [0.3, 0.4) is 0 Å². The van der Waals surface area contributed by atoms with Gasteiger partial charge in [0.25, 0.3) is 0 Å². The fourth-order valence-electron chi connectivity index (χ4n) is 2.86. The largest absolute Gasteiger partial charge is 0.392 e. The Balaban J connectivity index is 2.21. The molecule has 1 fully saturated rings. The SMILES string of the molecule is CC1CCN(S(=O)(=O)Cc2cccc(F)c2)C(C(C)O)C1.